The number of carboxylic acid groups (broad SMARTS) is 1. The number of halogens is 1. The SMILES string of the molecule is CCn1cc(C(=O)O)c(=O)c2cnc(N3CCN(C(=S)Nc4ccc(C)cc4Br)CC3)nc21. The van der Waals surface area contributed by atoms with Crippen molar-refractivity contribution in [3.05, 3.63) is 56.4 Å². The molecule has 4 rings (SSSR count). The molecule has 11 heteroatoms. The van der Waals surface area contributed by atoms with Crippen molar-refractivity contribution in [2.75, 3.05) is 36.4 Å². The highest BCUT2D eigenvalue weighted by molar-refractivity contribution is 9.10. The third-order valence-corrected chi connectivity index (χ3v) is 6.61. The van der Waals surface area contributed by atoms with Crippen LogP contribution in [0.15, 0.2) is 39.9 Å². The second-order valence-electron chi connectivity index (χ2n) is 7.76. The summed E-state index contributed by atoms with van der Waals surface area (Å²) in [4.78, 5) is 37.0. The highest BCUT2D eigenvalue weighted by Crippen LogP contribution is 2.24. The second kappa shape index (κ2) is 9.44. The lowest BCUT2D eigenvalue weighted by Crippen LogP contribution is -2.50. The molecule has 1 saturated heterocycles. The van der Waals surface area contributed by atoms with E-state index in [2.05, 4.69) is 36.1 Å². The Morgan fingerprint density at radius 3 is 2.64 bits per heavy atom. The molecule has 3 aromatic rings. The molecule has 0 bridgehead atoms. The van der Waals surface area contributed by atoms with Crippen molar-refractivity contribution in [2.24, 2.45) is 0 Å². The summed E-state index contributed by atoms with van der Waals surface area (Å²) < 4.78 is 2.63. The van der Waals surface area contributed by atoms with E-state index in [0.717, 1.165) is 15.7 Å². The molecule has 0 spiro atoms. The van der Waals surface area contributed by atoms with Crippen LogP contribution in [0.1, 0.15) is 22.8 Å². The number of thiocarbonyl (C=S) groups is 1. The number of carboxylic acids is 1. The maximum atomic E-state index is 12.5. The van der Waals surface area contributed by atoms with E-state index in [-0.39, 0.29) is 10.9 Å². The number of pyridine rings is 1. The largest absolute Gasteiger partial charge is 0.477 e. The first-order valence-electron chi connectivity index (χ1n) is 10.5. The minimum absolute atomic E-state index is 0.202. The molecular weight excluding hydrogens is 508 g/mol. The number of benzene rings is 1. The van der Waals surface area contributed by atoms with E-state index in [1.807, 2.05) is 36.9 Å². The van der Waals surface area contributed by atoms with Crippen LogP contribution in [0.3, 0.4) is 0 Å². The number of aromatic nitrogens is 3. The number of anilines is 2. The van der Waals surface area contributed by atoms with Gasteiger partial charge in [-0.25, -0.2) is 9.78 Å². The Morgan fingerprint density at radius 2 is 2.00 bits per heavy atom. The number of rotatable bonds is 4. The van der Waals surface area contributed by atoms with Gasteiger partial charge in [-0.05, 0) is 59.7 Å². The topological polar surface area (TPSA) is 104 Å². The van der Waals surface area contributed by atoms with E-state index in [1.54, 1.807) is 4.57 Å². The number of hydrogen-bond donors (Lipinski definition) is 2. The van der Waals surface area contributed by atoms with Crippen molar-refractivity contribution in [3.63, 3.8) is 0 Å². The summed E-state index contributed by atoms with van der Waals surface area (Å²) in [5.74, 6) is -0.751. The molecule has 0 unspecified atom stereocenters. The standard InChI is InChI=1S/C22H23BrN6O3S/c1-3-27-12-15(20(31)32)18(30)14-11-24-21(26-19(14)27)28-6-8-29(9-7-28)22(33)25-17-5-4-13(2)10-16(17)23/h4-5,10-12H,3,6-9H2,1-2H3,(H,25,33)(H,31,32). The zero-order valence-electron chi connectivity index (χ0n) is 18.2. The van der Waals surface area contributed by atoms with Crippen LogP contribution in [0.5, 0.6) is 0 Å². The van der Waals surface area contributed by atoms with Gasteiger partial charge in [0.2, 0.25) is 11.4 Å². The molecule has 1 fully saturated rings. The molecule has 0 atom stereocenters. The van der Waals surface area contributed by atoms with Crippen LogP contribution in [-0.2, 0) is 6.54 Å². The van der Waals surface area contributed by atoms with Gasteiger partial charge in [0.1, 0.15) is 11.2 Å². The third-order valence-electron chi connectivity index (χ3n) is 5.59. The van der Waals surface area contributed by atoms with Gasteiger partial charge in [-0.15, -0.1) is 0 Å². The molecule has 1 aromatic carbocycles. The number of fused-ring (bicyclic) bond motifs is 1. The zero-order chi connectivity index (χ0) is 23.7. The number of nitrogens with one attached hydrogen (secondary N) is 1. The lowest BCUT2D eigenvalue weighted by molar-refractivity contribution is 0.0695. The first-order valence-corrected chi connectivity index (χ1v) is 11.7. The van der Waals surface area contributed by atoms with Gasteiger partial charge in [0.15, 0.2) is 5.11 Å². The lowest BCUT2D eigenvalue weighted by atomic mass is 10.2. The first-order chi connectivity index (χ1) is 15.8. The van der Waals surface area contributed by atoms with Crippen LogP contribution in [-0.4, -0.2) is 61.8 Å². The molecule has 0 aliphatic carbocycles. The summed E-state index contributed by atoms with van der Waals surface area (Å²) in [6.07, 6.45) is 2.76. The molecule has 172 valence electrons. The van der Waals surface area contributed by atoms with Crippen LogP contribution >= 0.6 is 28.1 Å². The van der Waals surface area contributed by atoms with Gasteiger partial charge in [-0.2, -0.15) is 4.98 Å². The van der Waals surface area contributed by atoms with Crippen molar-refractivity contribution >= 4 is 61.9 Å². The number of nitrogens with zero attached hydrogens (tertiary/aromatic N) is 5. The van der Waals surface area contributed by atoms with E-state index < -0.39 is 11.4 Å². The molecule has 2 N–H and O–H groups in total. The smallest absolute Gasteiger partial charge is 0.341 e. The number of piperazine rings is 1. The molecule has 1 aliphatic heterocycles. The van der Waals surface area contributed by atoms with E-state index in [1.165, 1.54) is 12.4 Å². The minimum atomic E-state index is -1.26. The normalized spacial score (nSPS) is 13.9. The van der Waals surface area contributed by atoms with Crippen molar-refractivity contribution < 1.29 is 9.90 Å². The zero-order valence-corrected chi connectivity index (χ0v) is 20.6. The van der Waals surface area contributed by atoms with E-state index in [9.17, 15) is 14.7 Å². The molecule has 2 aromatic heterocycles. The average molecular weight is 531 g/mol. The molecule has 1 aliphatic rings. The molecule has 33 heavy (non-hydrogen) atoms. The van der Waals surface area contributed by atoms with Crippen LogP contribution in [0.2, 0.25) is 0 Å². The van der Waals surface area contributed by atoms with Gasteiger partial charge >= 0.3 is 5.97 Å². The fourth-order valence-electron chi connectivity index (χ4n) is 3.73. The van der Waals surface area contributed by atoms with Gasteiger partial charge in [0.05, 0.1) is 11.1 Å². The van der Waals surface area contributed by atoms with Gasteiger partial charge in [0, 0.05) is 49.6 Å². The van der Waals surface area contributed by atoms with Crippen LogP contribution in [0, 0.1) is 6.92 Å². The summed E-state index contributed by atoms with van der Waals surface area (Å²) in [6, 6.07) is 6.06. The Balaban J connectivity index is 1.49. The fourth-order valence-corrected chi connectivity index (χ4v) is 4.62. The first kappa shape index (κ1) is 23.1. The van der Waals surface area contributed by atoms with Gasteiger partial charge < -0.3 is 24.8 Å². The number of hydrogen-bond acceptors (Lipinski definition) is 6. The minimum Gasteiger partial charge on any atom is -0.477 e. The van der Waals surface area contributed by atoms with Crippen molar-refractivity contribution in [1.29, 1.82) is 0 Å². The Hall–Kier alpha value is -3.05. The van der Waals surface area contributed by atoms with Gasteiger partial charge in [-0.3, -0.25) is 4.79 Å². The monoisotopic (exact) mass is 530 g/mol. The third kappa shape index (κ3) is 4.69. The quantitative estimate of drug-likeness (QED) is 0.492. The van der Waals surface area contributed by atoms with Crippen molar-refractivity contribution in [2.45, 2.75) is 20.4 Å². The number of aromatic carboxylic acids is 1. The van der Waals surface area contributed by atoms with Crippen molar-refractivity contribution in [3.8, 4) is 0 Å². The van der Waals surface area contributed by atoms with Gasteiger partial charge in [-0.1, -0.05) is 6.07 Å². The van der Waals surface area contributed by atoms with Gasteiger partial charge in [0.25, 0.3) is 0 Å². The Bertz CT molecular complexity index is 1300. The predicted molar refractivity (Wildman–Crippen MR) is 135 cm³/mol. The average Bonchev–Trinajstić information content (AvgIpc) is 2.80. The summed E-state index contributed by atoms with van der Waals surface area (Å²) in [5, 5.41) is 13.5. The van der Waals surface area contributed by atoms with Crippen LogP contribution in [0.25, 0.3) is 11.0 Å². The van der Waals surface area contributed by atoms with Crippen molar-refractivity contribution in [1.82, 2.24) is 19.4 Å². The second-order valence-corrected chi connectivity index (χ2v) is 9.00. The Labute approximate surface area is 204 Å². The number of carbonyl (C=O) groups is 1. The highest BCUT2D eigenvalue weighted by Gasteiger charge is 2.23. The van der Waals surface area contributed by atoms with E-state index in [0.29, 0.717) is 49.4 Å². The molecule has 0 saturated carbocycles. The maximum absolute atomic E-state index is 12.5. The van der Waals surface area contributed by atoms with Crippen LogP contribution < -0.4 is 15.6 Å². The summed E-state index contributed by atoms with van der Waals surface area (Å²) in [5.41, 5.74) is 1.66. The molecule has 0 radical (unpaired) electrons. The summed E-state index contributed by atoms with van der Waals surface area (Å²) in [6.45, 7) is 7.08. The summed E-state index contributed by atoms with van der Waals surface area (Å²) in [7, 11) is 0. The highest BCUT2D eigenvalue weighted by atomic mass is 79.9. The summed E-state index contributed by atoms with van der Waals surface area (Å²) >= 11 is 9.17. The van der Waals surface area contributed by atoms with E-state index in [4.69, 9.17) is 12.2 Å². The molecule has 9 nitrogen and oxygen atoms in total. The Morgan fingerprint density at radius 1 is 1.27 bits per heavy atom. The molecular formula is C22H23BrN6O3S. The number of aryl methyl sites for hydroxylation is 2. The van der Waals surface area contributed by atoms with E-state index >= 15 is 0 Å². The predicted octanol–water partition coefficient (Wildman–Crippen LogP) is 3.10. The Kier molecular flexibility index (Phi) is 6.61. The lowest BCUT2D eigenvalue weighted by Gasteiger charge is -2.36. The molecule has 3 heterocycles. The maximum Gasteiger partial charge on any atom is 0.341 e. The molecule has 0 amide bonds. The van der Waals surface area contributed by atoms with Crippen LogP contribution in [0.4, 0.5) is 11.6 Å². The fraction of sp³-hybridized carbons (Fsp3) is 0.318.